The van der Waals surface area contributed by atoms with Crippen LogP contribution < -0.4 is 5.32 Å². The number of sulfonamides is 1. The van der Waals surface area contributed by atoms with Gasteiger partial charge in [0, 0.05) is 38.2 Å². The van der Waals surface area contributed by atoms with Crippen molar-refractivity contribution in [3.63, 3.8) is 0 Å². The molecule has 0 bridgehead atoms. The quantitative estimate of drug-likeness (QED) is 0.602. The number of hydrogen-bond donors (Lipinski definition) is 1. The number of nitrogens with zero attached hydrogens (tertiary/aromatic N) is 1. The molecule has 0 heterocycles. The number of hydrogen-bond acceptors (Lipinski definition) is 4. The SMILES string of the molecule is CN(C)S(=O)(=O)c1ccc(NC(=O)CCC(=O)c2ccc3ccccc3c2)cc1. The zero-order valence-corrected chi connectivity index (χ0v) is 17.1. The molecule has 0 unspecified atom stereocenters. The lowest BCUT2D eigenvalue weighted by Gasteiger charge is -2.12. The first kappa shape index (κ1) is 20.7. The molecule has 1 N–H and O–H groups in total. The van der Waals surface area contributed by atoms with Crippen LogP contribution in [0.25, 0.3) is 10.8 Å². The highest BCUT2D eigenvalue weighted by Gasteiger charge is 2.17. The van der Waals surface area contributed by atoms with Crippen LogP contribution in [-0.4, -0.2) is 38.5 Å². The fraction of sp³-hybridized carbons (Fsp3) is 0.182. The van der Waals surface area contributed by atoms with Crippen LogP contribution in [0.2, 0.25) is 0 Å². The first-order chi connectivity index (χ1) is 13.8. The van der Waals surface area contributed by atoms with E-state index in [1.54, 1.807) is 6.07 Å². The Kier molecular flexibility index (Phi) is 6.10. The molecule has 0 saturated heterocycles. The molecule has 3 aromatic rings. The Morgan fingerprint density at radius 3 is 2.17 bits per heavy atom. The minimum absolute atomic E-state index is 0.0450. The predicted molar refractivity (Wildman–Crippen MR) is 113 cm³/mol. The molecule has 0 spiro atoms. The molecular weight excluding hydrogens is 388 g/mol. The van der Waals surface area contributed by atoms with E-state index in [0.29, 0.717) is 11.3 Å². The minimum atomic E-state index is -3.51. The Labute approximate surface area is 170 Å². The van der Waals surface area contributed by atoms with Gasteiger partial charge in [-0.1, -0.05) is 36.4 Å². The Balaban J connectivity index is 1.58. The van der Waals surface area contributed by atoms with Crippen molar-refractivity contribution >= 4 is 38.2 Å². The average Bonchev–Trinajstić information content (AvgIpc) is 2.72. The maximum atomic E-state index is 12.4. The highest BCUT2D eigenvalue weighted by atomic mass is 32.2. The summed E-state index contributed by atoms with van der Waals surface area (Å²) in [6.45, 7) is 0. The van der Waals surface area contributed by atoms with Crippen LogP contribution in [0.5, 0.6) is 0 Å². The summed E-state index contributed by atoms with van der Waals surface area (Å²) >= 11 is 0. The van der Waals surface area contributed by atoms with Crippen LogP contribution in [-0.2, 0) is 14.8 Å². The number of carbonyl (C=O) groups is 2. The van der Waals surface area contributed by atoms with Gasteiger partial charge in [-0.3, -0.25) is 9.59 Å². The van der Waals surface area contributed by atoms with Crippen LogP contribution in [0.15, 0.2) is 71.6 Å². The van der Waals surface area contributed by atoms with Gasteiger partial charge in [-0.25, -0.2) is 12.7 Å². The first-order valence-electron chi connectivity index (χ1n) is 9.12. The lowest BCUT2D eigenvalue weighted by atomic mass is 10.0. The van der Waals surface area contributed by atoms with E-state index in [1.165, 1.54) is 38.4 Å². The maximum absolute atomic E-state index is 12.4. The second-order valence-electron chi connectivity index (χ2n) is 6.85. The number of ketones is 1. The van der Waals surface area contributed by atoms with Crippen molar-refractivity contribution in [3.05, 3.63) is 72.3 Å². The molecular formula is C22H22N2O4S. The smallest absolute Gasteiger partial charge is 0.242 e. The minimum Gasteiger partial charge on any atom is -0.326 e. The molecule has 0 atom stereocenters. The third-order valence-electron chi connectivity index (χ3n) is 4.57. The standard InChI is InChI=1S/C22H22N2O4S/c1-24(2)29(27,28)20-11-9-19(10-12-20)23-22(26)14-13-21(25)18-8-7-16-5-3-4-6-17(16)15-18/h3-12,15H,13-14H2,1-2H3,(H,23,26). The first-order valence-corrected chi connectivity index (χ1v) is 10.6. The number of nitrogens with one attached hydrogen (secondary N) is 1. The van der Waals surface area contributed by atoms with Crippen molar-refractivity contribution in [1.29, 1.82) is 0 Å². The van der Waals surface area contributed by atoms with Gasteiger partial charge in [0.15, 0.2) is 5.78 Å². The van der Waals surface area contributed by atoms with Crippen molar-refractivity contribution in [3.8, 4) is 0 Å². The monoisotopic (exact) mass is 410 g/mol. The summed E-state index contributed by atoms with van der Waals surface area (Å²) in [6, 6.07) is 19.2. The summed E-state index contributed by atoms with van der Waals surface area (Å²) in [7, 11) is -0.602. The van der Waals surface area contributed by atoms with Crippen LogP contribution in [0.1, 0.15) is 23.2 Å². The molecule has 3 rings (SSSR count). The normalized spacial score (nSPS) is 11.6. The van der Waals surface area contributed by atoms with Crippen molar-refractivity contribution in [2.24, 2.45) is 0 Å². The Bertz CT molecular complexity index is 1150. The summed E-state index contributed by atoms with van der Waals surface area (Å²) < 4.78 is 25.2. The van der Waals surface area contributed by atoms with Gasteiger partial charge in [-0.05, 0) is 41.1 Å². The molecule has 150 valence electrons. The number of anilines is 1. The van der Waals surface area contributed by atoms with Gasteiger partial charge in [0.25, 0.3) is 0 Å². The molecule has 29 heavy (non-hydrogen) atoms. The van der Waals surface area contributed by atoms with Gasteiger partial charge in [-0.15, -0.1) is 0 Å². The van der Waals surface area contributed by atoms with Crippen LogP contribution in [0.4, 0.5) is 5.69 Å². The predicted octanol–water partition coefficient (Wildman–Crippen LogP) is 3.69. The second-order valence-corrected chi connectivity index (χ2v) is 9.00. The third kappa shape index (κ3) is 4.88. The fourth-order valence-electron chi connectivity index (χ4n) is 2.88. The van der Waals surface area contributed by atoms with Crippen molar-refractivity contribution in [1.82, 2.24) is 4.31 Å². The van der Waals surface area contributed by atoms with E-state index in [0.717, 1.165) is 15.1 Å². The van der Waals surface area contributed by atoms with E-state index in [2.05, 4.69) is 5.32 Å². The summed E-state index contributed by atoms with van der Waals surface area (Å²) in [5.41, 5.74) is 1.06. The topological polar surface area (TPSA) is 83.6 Å². The van der Waals surface area contributed by atoms with Crippen molar-refractivity contribution in [2.45, 2.75) is 17.7 Å². The van der Waals surface area contributed by atoms with E-state index in [1.807, 2.05) is 36.4 Å². The van der Waals surface area contributed by atoms with Gasteiger partial charge < -0.3 is 5.32 Å². The molecule has 6 nitrogen and oxygen atoms in total. The highest BCUT2D eigenvalue weighted by Crippen LogP contribution is 2.19. The molecule has 0 radical (unpaired) electrons. The highest BCUT2D eigenvalue weighted by molar-refractivity contribution is 7.89. The van der Waals surface area contributed by atoms with E-state index >= 15 is 0 Å². The van der Waals surface area contributed by atoms with Crippen LogP contribution in [0, 0.1) is 0 Å². The molecule has 0 saturated carbocycles. The van der Waals surface area contributed by atoms with Gasteiger partial charge in [0.2, 0.25) is 15.9 Å². The zero-order chi connectivity index (χ0) is 21.0. The number of carbonyl (C=O) groups excluding carboxylic acids is 2. The molecule has 1 amide bonds. The third-order valence-corrected chi connectivity index (χ3v) is 6.40. The van der Waals surface area contributed by atoms with Crippen LogP contribution >= 0.6 is 0 Å². The van der Waals surface area contributed by atoms with E-state index in [4.69, 9.17) is 0 Å². The van der Waals surface area contributed by atoms with Crippen LogP contribution in [0.3, 0.4) is 0 Å². The summed E-state index contributed by atoms with van der Waals surface area (Å²) in [6.07, 6.45) is 0.140. The summed E-state index contributed by atoms with van der Waals surface area (Å²) in [5, 5.41) is 4.73. The van der Waals surface area contributed by atoms with Crippen molar-refractivity contribution < 1.29 is 18.0 Å². The second kappa shape index (κ2) is 8.55. The molecule has 0 aliphatic rings. The lowest BCUT2D eigenvalue weighted by Crippen LogP contribution is -2.22. The van der Waals surface area contributed by atoms with E-state index < -0.39 is 10.0 Å². The summed E-state index contributed by atoms with van der Waals surface area (Å²) in [5.74, 6) is -0.402. The number of rotatable bonds is 7. The number of amides is 1. The average molecular weight is 410 g/mol. The largest absolute Gasteiger partial charge is 0.326 e. The van der Waals surface area contributed by atoms with E-state index in [-0.39, 0.29) is 29.4 Å². The Morgan fingerprint density at radius 1 is 0.862 bits per heavy atom. The molecule has 0 aromatic heterocycles. The summed E-state index contributed by atoms with van der Waals surface area (Å²) in [4.78, 5) is 24.7. The zero-order valence-electron chi connectivity index (χ0n) is 16.3. The van der Waals surface area contributed by atoms with Gasteiger partial charge in [0.1, 0.15) is 0 Å². The maximum Gasteiger partial charge on any atom is 0.242 e. The molecule has 3 aromatic carbocycles. The molecule has 0 fully saturated rings. The molecule has 0 aliphatic carbocycles. The van der Waals surface area contributed by atoms with Gasteiger partial charge >= 0.3 is 0 Å². The number of Topliss-reactive ketones (excluding diaryl/α,β-unsaturated/α-hetero) is 1. The number of fused-ring (bicyclic) bond motifs is 1. The Hall–Kier alpha value is -3.03. The van der Waals surface area contributed by atoms with Gasteiger partial charge in [0.05, 0.1) is 4.90 Å². The number of benzene rings is 3. The Morgan fingerprint density at radius 2 is 1.52 bits per heavy atom. The van der Waals surface area contributed by atoms with Gasteiger partial charge in [-0.2, -0.15) is 0 Å². The molecule has 0 aliphatic heterocycles. The van der Waals surface area contributed by atoms with Crippen molar-refractivity contribution in [2.75, 3.05) is 19.4 Å². The molecule has 7 heteroatoms. The fourth-order valence-corrected chi connectivity index (χ4v) is 3.78. The lowest BCUT2D eigenvalue weighted by molar-refractivity contribution is -0.116. The van der Waals surface area contributed by atoms with E-state index in [9.17, 15) is 18.0 Å².